The second-order valence-corrected chi connectivity index (χ2v) is 6.17. The second kappa shape index (κ2) is 9.83. The van der Waals surface area contributed by atoms with Crippen molar-refractivity contribution in [1.29, 1.82) is 5.26 Å². The molecule has 0 unspecified atom stereocenters. The van der Waals surface area contributed by atoms with Gasteiger partial charge in [0.15, 0.2) is 12.2 Å². The van der Waals surface area contributed by atoms with Gasteiger partial charge in [0.05, 0.1) is 0 Å². The number of carbonyl (C=O) groups excluding carboxylic acids is 5. The molecule has 1 N–H and O–H groups in total. The van der Waals surface area contributed by atoms with Gasteiger partial charge in [-0.15, -0.1) is 0 Å². The summed E-state index contributed by atoms with van der Waals surface area (Å²) < 4.78 is 25.9. The number of carbonyl (C=O) groups is 5. The summed E-state index contributed by atoms with van der Waals surface area (Å²) in [6, 6.07) is 1.70. The van der Waals surface area contributed by atoms with Crippen LogP contribution in [0.25, 0.3) is 0 Å². The van der Waals surface area contributed by atoms with Crippen molar-refractivity contribution in [2.24, 2.45) is 0 Å². The second-order valence-electron chi connectivity index (χ2n) is 6.17. The van der Waals surface area contributed by atoms with Gasteiger partial charge in [-0.2, -0.15) is 5.26 Å². The Bertz CT molecular complexity index is 730. The Hall–Kier alpha value is -3.20. The number of hydrogen-bond donors (Lipinski definition) is 1. The van der Waals surface area contributed by atoms with Gasteiger partial charge in [0.1, 0.15) is 18.8 Å². The Balaban J connectivity index is 3.56. The van der Waals surface area contributed by atoms with Crippen molar-refractivity contribution in [3.8, 4) is 6.07 Å². The Kier molecular flexibility index (Phi) is 8.08. The van der Waals surface area contributed by atoms with Crippen LogP contribution in [0, 0.1) is 11.3 Å². The van der Waals surface area contributed by atoms with Gasteiger partial charge >= 0.3 is 23.9 Å². The lowest BCUT2D eigenvalue weighted by Crippen LogP contribution is -2.72. The third-order valence-corrected chi connectivity index (χ3v) is 3.60. The molecule has 0 bridgehead atoms. The van der Waals surface area contributed by atoms with E-state index in [9.17, 15) is 29.2 Å². The fourth-order valence-corrected chi connectivity index (χ4v) is 2.78. The van der Waals surface area contributed by atoms with Crippen LogP contribution in [0.4, 0.5) is 0 Å². The molecule has 29 heavy (non-hydrogen) atoms. The van der Waals surface area contributed by atoms with Crippen LogP contribution in [-0.2, 0) is 47.7 Å². The molecule has 12 nitrogen and oxygen atoms in total. The summed E-state index contributed by atoms with van der Waals surface area (Å²) in [4.78, 5) is 57.8. The molecule has 0 aromatic rings. The van der Waals surface area contributed by atoms with Gasteiger partial charge in [-0.05, 0) is 0 Å². The number of nitrogens with one attached hydrogen (secondary N) is 1. The van der Waals surface area contributed by atoms with E-state index in [1.165, 1.54) is 0 Å². The lowest BCUT2D eigenvalue weighted by Gasteiger charge is -2.47. The summed E-state index contributed by atoms with van der Waals surface area (Å²) in [5.41, 5.74) is -2.32. The van der Waals surface area contributed by atoms with Crippen LogP contribution in [0.3, 0.4) is 0 Å². The summed E-state index contributed by atoms with van der Waals surface area (Å²) in [7, 11) is 0. The van der Waals surface area contributed by atoms with Crippen molar-refractivity contribution < 1.29 is 47.7 Å². The molecular weight excluding hydrogens is 392 g/mol. The first-order valence-electron chi connectivity index (χ1n) is 8.44. The first-order chi connectivity index (χ1) is 13.4. The zero-order valence-corrected chi connectivity index (χ0v) is 16.5. The molecule has 1 heterocycles. The van der Waals surface area contributed by atoms with Crippen LogP contribution in [0.5, 0.6) is 0 Å². The van der Waals surface area contributed by atoms with Gasteiger partial charge in [-0.25, -0.2) is 0 Å². The summed E-state index contributed by atoms with van der Waals surface area (Å²) in [5.74, 6) is -3.99. The van der Waals surface area contributed by atoms with Crippen molar-refractivity contribution in [3.63, 3.8) is 0 Å². The predicted octanol–water partition coefficient (Wildman–Crippen LogP) is -0.901. The van der Waals surface area contributed by atoms with Crippen molar-refractivity contribution >= 4 is 29.8 Å². The third kappa shape index (κ3) is 6.42. The van der Waals surface area contributed by atoms with Crippen molar-refractivity contribution in [2.75, 3.05) is 6.61 Å². The zero-order chi connectivity index (χ0) is 22.4. The van der Waals surface area contributed by atoms with Crippen LogP contribution in [-0.4, -0.2) is 66.5 Å². The van der Waals surface area contributed by atoms with E-state index in [4.69, 9.17) is 23.7 Å². The number of nitrogens with zero attached hydrogens (tertiary/aromatic N) is 1. The highest BCUT2D eigenvalue weighted by atomic mass is 16.7. The molecule has 1 fully saturated rings. The Morgan fingerprint density at radius 1 is 0.897 bits per heavy atom. The van der Waals surface area contributed by atoms with E-state index in [2.05, 4.69) is 5.32 Å². The Morgan fingerprint density at radius 3 is 1.83 bits per heavy atom. The lowest BCUT2D eigenvalue weighted by atomic mass is 9.90. The molecule has 12 heteroatoms. The molecule has 1 saturated heterocycles. The number of rotatable bonds is 6. The normalized spacial score (nSPS) is 28.3. The van der Waals surface area contributed by atoms with Gasteiger partial charge in [0.25, 0.3) is 5.72 Å². The molecule has 0 aromatic heterocycles. The molecule has 0 aliphatic carbocycles. The highest BCUT2D eigenvalue weighted by molar-refractivity contribution is 5.75. The molecule has 5 atom stereocenters. The van der Waals surface area contributed by atoms with Crippen LogP contribution in [0.1, 0.15) is 34.6 Å². The fraction of sp³-hybridized carbons (Fsp3) is 0.647. The van der Waals surface area contributed by atoms with E-state index in [0.717, 1.165) is 34.6 Å². The molecule has 0 aromatic carbocycles. The monoisotopic (exact) mass is 414 g/mol. The molecule has 1 rings (SSSR count). The van der Waals surface area contributed by atoms with Gasteiger partial charge in [-0.1, -0.05) is 0 Å². The predicted molar refractivity (Wildman–Crippen MR) is 90.3 cm³/mol. The van der Waals surface area contributed by atoms with E-state index in [1.54, 1.807) is 6.07 Å². The van der Waals surface area contributed by atoms with Gasteiger partial charge in [-0.3, -0.25) is 24.0 Å². The molecular formula is C17H22N2O10. The Labute approximate surface area is 166 Å². The van der Waals surface area contributed by atoms with Crippen LogP contribution in [0.15, 0.2) is 0 Å². The maximum absolute atomic E-state index is 11.7. The molecule has 160 valence electrons. The van der Waals surface area contributed by atoms with Gasteiger partial charge < -0.3 is 29.0 Å². The minimum atomic E-state index is -2.32. The fourth-order valence-electron chi connectivity index (χ4n) is 2.78. The summed E-state index contributed by atoms with van der Waals surface area (Å²) >= 11 is 0. The SMILES string of the molecule is CC(=O)N[C@@]1(C#N)O[C@H](COC(C)=O)[C@@H](OC(C)=O)[C@H](OC(C)=O)[C@H]1OC(C)=O. The Morgan fingerprint density at radius 2 is 1.41 bits per heavy atom. The topological polar surface area (TPSA) is 167 Å². The molecule has 0 saturated carbocycles. The average Bonchev–Trinajstić information content (AvgIpc) is 2.57. The first kappa shape index (κ1) is 23.8. The van der Waals surface area contributed by atoms with Crippen molar-refractivity contribution in [1.82, 2.24) is 5.32 Å². The number of ether oxygens (including phenoxy) is 5. The average molecular weight is 414 g/mol. The van der Waals surface area contributed by atoms with E-state index in [1.807, 2.05) is 0 Å². The number of nitriles is 1. The maximum Gasteiger partial charge on any atom is 0.303 e. The number of hydrogen-bond acceptors (Lipinski definition) is 11. The zero-order valence-electron chi connectivity index (χ0n) is 16.5. The van der Waals surface area contributed by atoms with E-state index in [-0.39, 0.29) is 0 Å². The summed E-state index contributed by atoms with van der Waals surface area (Å²) in [5, 5.41) is 12.0. The highest BCUT2D eigenvalue weighted by Gasteiger charge is 2.61. The summed E-state index contributed by atoms with van der Waals surface area (Å²) in [6.07, 6.45) is -6.02. The third-order valence-electron chi connectivity index (χ3n) is 3.60. The van der Waals surface area contributed by atoms with Gasteiger partial charge in [0.2, 0.25) is 12.0 Å². The largest absolute Gasteiger partial charge is 0.463 e. The van der Waals surface area contributed by atoms with E-state index < -0.39 is 66.5 Å². The minimum Gasteiger partial charge on any atom is -0.463 e. The van der Waals surface area contributed by atoms with E-state index in [0.29, 0.717) is 0 Å². The first-order valence-corrected chi connectivity index (χ1v) is 8.44. The highest BCUT2D eigenvalue weighted by Crippen LogP contribution is 2.34. The van der Waals surface area contributed by atoms with Crippen molar-refractivity contribution in [2.45, 2.75) is 64.8 Å². The van der Waals surface area contributed by atoms with Crippen molar-refractivity contribution in [3.05, 3.63) is 0 Å². The summed E-state index contributed by atoms with van der Waals surface area (Å²) in [6.45, 7) is 4.80. The molecule has 0 radical (unpaired) electrons. The maximum atomic E-state index is 11.7. The molecule has 1 amide bonds. The van der Waals surface area contributed by atoms with Crippen LogP contribution < -0.4 is 5.32 Å². The lowest BCUT2D eigenvalue weighted by molar-refractivity contribution is -0.276. The van der Waals surface area contributed by atoms with Crippen LogP contribution >= 0.6 is 0 Å². The standard InChI is InChI=1S/C17H22N2O10/c1-8(20)19-17(7-18)16(28-12(5)24)15(27-11(4)23)14(26-10(3)22)13(29-17)6-25-9(2)21/h13-16H,6H2,1-5H3,(H,19,20)/t13-,14-,15+,16-,17+/m1/s1. The smallest absolute Gasteiger partial charge is 0.303 e. The molecule has 1 aliphatic rings. The quantitative estimate of drug-likeness (QED) is 0.422. The van der Waals surface area contributed by atoms with Gasteiger partial charge in [0, 0.05) is 34.6 Å². The van der Waals surface area contributed by atoms with E-state index >= 15 is 0 Å². The minimum absolute atomic E-state index is 0.513. The number of esters is 4. The van der Waals surface area contributed by atoms with Crippen LogP contribution in [0.2, 0.25) is 0 Å². The molecule has 1 aliphatic heterocycles. The number of amides is 1. The molecule has 0 spiro atoms.